The first kappa shape index (κ1) is 25.9. The summed E-state index contributed by atoms with van der Waals surface area (Å²) in [6.45, 7) is 2.68. The van der Waals surface area contributed by atoms with Crippen LogP contribution in [0.2, 0.25) is 0 Å². The van der Waals surface area contributed by atoms with E-state index in [1.54, 1.807) is 31.3 Å². The molecule has 4 aromatic rings. The van der Waals surface area contributed by atoms with E-state index in [9.17, 15) is 8.42 Å². The average Bonchev–Trinajstić information content (AvgIpc) is 3.37. The SMILES string of the molecule is COc1cc(OC)cc(N(CCCN2CCS(=O)(=O)CC2)c2ccc3ncc(-c4cnn(C)c4)nc3c2)c1. The average molecular weight is 537 g/mol. The lowest BCUT2D eigenvalue weighted by Gasteiger charge is -2.29. The molecule has 38 heavy (non-hydrogen) atoms. The van der Waals surface area contributed by atoms with Crippen molar-refractivity contribution in [2.24, 2.45) is 7.05 Å². The molecule has 0 unspecified atom stereocenters. The normalized spacial score (nSPS) is 15.4. The Morgan fingerprint density at radius 3 is 2.34 bits per heavy atom. The van der Waals surface area contributed by atoms with Gasteiger partial charge in [0.15, 0.2) is 9.84 Å². The van der Waals surface area contributed by atoms with E-state index in [2.05, 4.69) is 19.9 Å². The molecule has 0 spiro atoms. The number of fused-ring (bicyclic) bond motifs is 1. The van der Waals surface area contributed by atoms with Crippen LogP contribution in [-0.4, -0.2) is 85.0 Å². The number of hydrogen-bond acceptors (Lipinski definition) is 9. The lowest BCUT2D eigenvalue weighted by Crippen LogP contribution is -2.41. The molecule has 5 rings (SSSR count). The zero-order valence-electron chi connectivity index (χ0n) is 21.9. The molecule has 10 nitrogen and oxygen atoms in total. The number of hydrogen-bond donors (Lipinski definition) is 0. The Balaban J connectivity index is 1.46. The van der Waals surface area contributed by atoms with Gasteiger partial charge in [-0.2, -0.15) is 5.10 Å². The van der Waals surface area contributed by atoms with Crippen molar-refractivity contribution in [1.29, 1.82) is 0 Å². The molecule has 1 saturated heterocycles. The Morgan fingerprint density at radius 1 is 0.947 bits per heavy atom. The zero-order valence-corrected chi connectivity index (χ0v) is 22.7. The Morgan fingerprint density at radius 2 is 1.68 bits per heavy atom. The fraction of sp³-hybridized carbons (Fsp3) is 0.370. The fourth-order valence-corrected chi connectivity index (χ4v) is 5.92. The second kappa shape index (κ2) is 11.0. The predicted octanol–water partition coefficient (Wildman–Crippen LogP) is 3.31. The number of ether oxygens (including phenoxy) is 2. The van der Waals surface area contributed by atoms with Crippen molar-refractivity contribution in [3.8, 4) is 22.8 Å². The van der Waals surface area contributed by atoms with Crippen molar-refractivity contribution in [2.45, 2.75) is 6.42 Å². The summed E-state index contributed by atoms with van der Waals surface area (Å²) in [5.74, 6) is 1.86. The molecular formula is C27H32N6O4S. The van der Waals surface area contributed by atoms with Crippen LogP contribution in [0.1, 0.15) is 6.42 Å². The summed E-state index contributed by atoms with van der Waals surface area (Å²) in [5.41, 5.74) is 5.15. The van der Waals surface area contributed by atoms with E-state index in [4.69, 9.17) is 14.5 Å². The highest BCUT2D eigenvalue weighted by atomic mass is 32.2. The topological polar surface area (TPSA) is 103 Å². The van der Waals surface area contributed by atoms with Gasteiger partial charge in [0.1, 0.15) is 11.5 Å². The number of aromatic nitrogens is 4. The summed E-state index contributed by atoms with van der Waals surface area (Å²) in [7, 11) is 2.25. The fourth-order valence-electron chi connectivity index (χ4n) is 4.64. The van der Waals surface area contributed by atoms with Gasteiger partial charge >= 0.3 is 0 Å². The minimum absolute atomic E-state index is 0.229. The van der Waals surface area contributed by atoms with E-state index in [1.807, 2.05) is 49.6 Å². The molecule has 1 fully saturated rings. The van der Waals surface area contributed by atoms with Gasteiger partial charge in [-0.3, -0.25) is 9.67 Å². The molecule has 1 aliphatic rings. The van der Waals surface area contributed by atoms with Crippen molar-refractivity contribution in [3.05, 3.63) is 55.0 Å². The maximum absolute atomic E-state index is 11.8. The van der Waals surface area contributed by atoms with Gasteiger partial charge in [-0.05, 0) is 31.2 Å². The molecule has 0 radical (unpaired) electrons. The van der Waals surface area contributed by atoms with Crippen LogP contribution in [0.25, 0.3) is 22.3 Å². The van der Waals surface area contributed by atoms with Gasteiger partial charge in [-0.1, -0.05) is 0 Å². The van der Waals surface area contributed by atoms with E-state index in [0.717, 1.165) is 46.6 Å². The number of methoxy groups -OCH3 is 2. The van der Waals surface area contributed by atoms with Crippen LogP contribution in [0.3, 0.4) is 0 Å². The maximum atomic E-state index is 11.8. The second-order valence-corrected chi connectivity index (χ2v) is 11.7. The molecule has 2 aromatic heterocycles. The molecule has 11 heteroatoms. The lowest BCUT2D eigenvalue weighted by molar-refractivity contribution is 0.293. The van der Waals surface area contributed by atoms with E-state index in [1.165, 1.54) is 0 Å². The number of sulfone groups is 1. The van der Waals surface area contributed by atoms with Gasteiger partial charge in [0, 0.05) is 68.0 Å². The standard InChI is InChI=1S/C27H32N6O4S/c1-31-19-20(17-29-31)27-18-28-25-6-5-21(15-26(25)30-27)33(22-13-23(36-2)16-24(14-22)37-3)8-4-7-32-9-11-38(34,35)12-10-32/h5-6,13-19H,4,7-12H2,1-3H3. The maximum Gasteiger partial charge on any atom is 0.152 e. The smallest absolute Gasteiger partial charge is 0.152 e. The highest BCUT2D eigenvalue weighted by Gasteiger charge is 2.22. The molecule has 0 amide bonds. The Hall–Kier alpha value is -3.70. The molecule has 0 N–H and O–H groups in total. The van der Waals surface area contributed by atoms with Crippen molar-refractivity contribution >= 4 is 32.2 Å². The van der Waals surface area contributed by atoms with Gasteiger partial charge < -0.3 is 19.3 Å². The molecule has 2 aromatic carbocycles. The molecule has 0 aliphatic carbocycles. The highest BCUT2D eigenvalue weighted by Crippen LogP contribution is 2.34. The molecule has 3 heterocycles. The number of benzene rings is 2. The Kier molecular flexibility index (Phi) is 7.48. The first-order valence-corrected chi connectivity index (χ1v) is 14.3. The number of anilines is 2. The van der Waals surface area contributed by atoms with E-state index < -0.39 is 9.84 Å². The summed E-state index contributed by atoms with van der Waals surface area (Å²) < 4.78 is 36.5. The highest BCUT2D eigenvalue weighted by molar-refractivity contribution is 7.91. The van der Waals surface area contributed by atoms with E-state index >= 15 is 0 Å². The van der Waals surface area contributed by atoms with Crippen LogP contribution in [0.4, 0.5) is 11.4 Å². The van der Waals surface area contributed by atoms with Crippen molar-refractivity contribution in [3.63, 3.8) is 0 Å². The monoisotopic (exact) mass is 536 g/mol. The van der Waals surface area contributed by atoms with Crippen molar-refractivity contribution in [1.82, 2.24) is 24.6 Å². The molecule has 200 valence electrons. The van der Waals surface area contributed by atoms with Crippen molar-refractivity contribution < 1.29 is 17.9 Å². The van der Waals surface area contributed by atoms with Crippen LogP contribution in [0.5, 0.6) is 11.5 Å². The third-order valence-corrected chi connectivity index (χ3v) is 8.39. The number of rotatable bonds is 9. The molecule has 1 aliphatic heterocycles. The number of aryl methyl sites for hydroxylation is 1. The first-order chi connectivity index (χ1) is 18.3. The van der Waals surface area contributed by atoms with Gasteiger partial charge in [-0.15, -0.1) is 0 Å². The zero-order chi connectivity index (χ0) is 26.7. The lowest BCUT2D eigenvalue weighted by atomic mass is 10.1. The third-order valence-electron chi connectivity index (χ3n) is 6.78. The summed E-state index contributed by atoms with van der Waals surface area (Å²) in [5, 5.41) is 4.25. The van der Waals surface area contributed by atoms with Gasteiger partial charge in [-0.25, -0.2) is 13.4 Å². The Labute approximate surface area is 222 Å². The first-order valence-electron chi connectivity index (χ1n) is 12.5. The molecular weight excluding hydrogens is 504 g/mol. The van der Waals surface area contributed by atoms with Crippen LogP contribution >= 0.6 is 0 Å². The van der Waals surface area contributed by atoms with E-state index in [0.29, 0.717) is 31.1 Å². The quantitative estimate of drug-likeness (QED) is 0.319. The summed E-state index contributed by atoms with van der Waals surface area (Å²) in [6, 6.07) is 11.9. The van der Waals surface area contributed by atoms with Crippen LogP contribution in [-0.2, 0) is 16.9 Å². The molecule has 0 saturated carbocycles. The predicted molar refractivity (Wildman–Crippen MR) is 148 cm³/mol. The summed E-state index contributed by atoms with van der Waals surface area (Å²) in [6.07, 6.45) is 6.31. The minimum atomic E-state index is -2.90. The van der Waals surface area contributed by atoms with E-state index in [-0.39, 0.29) is 11.5 Å². The number of nitrogens with zero attached hydrogens (tertiary/aromatic N) is 6. The second-order valence-electron chi connectivity index (χ2n) is 9.40. The summed E-state index contributed by atoms with van der Waals surface area (Å²) in [4.78, 5) is 13.9. The Bertz CT molecular complexity index is 1500. The summed E-state index contributed by atoms with van der Waals surface area (Å²) >= 11 is 0. The van der Waals surface area contributed by atoms with Gasteiger partial charge in [0.05, 0.1) is 54.8 Å². The van der Waals surface area contributed by atoms with Crippen LogP contribution in [0.15, 0.2) is 55.0 Å². The largest absolute Gasteiger partial charge is 0.497 e. The van der Waals surface area contributed by atoms with Gasteiger partial charge in [0.25, 0.3) is 0 Å². The van der Waals surface area contributed by atoms with Crippen LogP contribution in [0, 0.1) is 0 Å². The molecule has 0 bridgehead atoms. The minimum Gasteiger partial charge on any atom is -0.497 e. The van der Waals surface area contributed by atoms with Gasteiger partial charge in [0.2, 0.25) is 0 Å². The third kappa shape index (κ3) is 5.89. The van der Waals surface area contributed by atoms with Crippen molar-refractivity contribution in [2.75, 3.05) is 56.8 Å². The van der Waals surface area contributed by atoms with Crippen LogP contribution < -0.4 is 14.4 Å². The molecule has 0 atom stereocenters.